The van der Waals surface area contributed by atoms with Gasteiger partial charge in [0.05, 0.1) is 6.54 Å². The molecule has 6 nitrogen and oxygen atoms in total. The maximum absolute atomic E-state index is 13.2. The van der Waals surface area contributed by atoms with Crippen LogP contribution < -0.4 is 10.7 Å². The summed E-state index contributed by atoms with van der Waals surface area (Å²) in [6.45, 7) is -0.0556. The Morgan fingerprint density at radius 1 is 1.15 bits per heavy atom. The molecule has 138 valence electrons. The second-order valence-corrected chi connectivity index (χ2v) is 6.14. The molecule has 27 heavy (non-hydrogen) atoms. The van der Waals surface area contributed by atoms with Crippen molar-refractivity contribution in [3.05, 3.63) is 81.9 Å². The van der Waals surface area contributed by atoms with Crippen molar-refractivity contribution in [2.45, 2.75) is 6.54 Å². The van der Waals surface area contributed by atoms with E-state index >= 15 is 0 Å². The number of pyridine rings is 1. The van der Waals surface area contributed by atoms with Crippen molar-refractivity contribution in [2.75, 3.05) is 13.6 Å². The number of likely N-dealkylation sites (N-methyl/N-ethyl adjacent to an activating group) is 1. The van der Waals surface area contributed by atoms with Gasteiger partial charge in [-0.1, -0.05) is 24.3 Å². The first-order chi connectivity index (χ1) is 13.0. The summed E-state index contributed by atoms with van der Waals surface area (Å²) < 4.78 is 13.2. The van der Waals surface area contributed by atoms with E-state index in [9.17, 15) is 18.8 Å². The Kier molecular flexibility index (Phi) is 5.30. The number of carbonyl (C=O) groups excluding carboxylic acids is 2. The highest BCUT2D eigenvalue weighted by Crippen LogP contribution is 2.08. The Morgan fingerprint density at radius 2 is 1.93 bits per heavy atom. The molecule has 3 aromatic rings. The molecule has 0 spiro atoms. The number of hydrogen-bond acceptors (Lipinski definition) is 3. The van der Waals surface area contributed by atoms with Gasteiger partial charge in [-0.25, -0.2) is 4.39 Å². The number of aromatic amines is 1. The summed E-state index contributed by atoms with van der Waals surface area (Å²) in [6, 6.07) is 12.8. The van der Waals surface area contributed by atoms with Crippen molar-refractivity contribution < 1.29 is 14.0 Å². The Hall–Kier alpha value is -3.48. The highest BCUT2D eigenvalue weighted by atomic mass is 19.1. The van der Waals surface area contributed by atoms with E-state index in [2.05, 4.69) is 10.3 Å². The normalized spacial score (nSPS) is 10.6. The zero-order valence-corrected chi connectivity index (χ0v) is 14.7. The number of hydrogen-bond donors (Lipinski definition) is 2. The lowest BCUT2D eigenvalue weighted by Gasteiger charge is -2.17. The average Bonchev–Trinajstić information content (AvgIpc) is 2.66. The van der Waals surface area contributed by atoms with E-state index in [0.717, 1.165) is 0 Å². The van der Waals surface area contributed by atoms with Gasteiger partial charge in [-0.3, -0.25) is 14.4 Å². The van der Waals surface area contributed by atoms with Crippen molar-refractivity contribution in [1.29, 1.82) is 0 Å². The predicted octanol–water partition coefficient (Wildman–Crippen LogP) is 2.06. The van der Waals surface area contributed by atoms with E-state index in [1.54, 1.807) is 43.4 Å². The van der Waals surface area contributed by atoms with Gasteiger partial charge in [0.15, 0.2) is 0 Å². The Balaban J connectivity index is 1.64. The van der Waals surface area contributed by atoms with Gasteiger partial charge >= 0.3 is 0 Å². The Bertz CT molecular complexity index is 1060. The fourth-order valence-corrected chi connectivity index (χ4v) is 2.72. The molecular weight excluding hydrogens is 349 g/mol. The lowest BCUT2D eigenvalue weighted by Crippen LogP contribution is -2.39. The van der Waals surface area contributed by atoms with Crippen LogP contribution in [0.2, 0.25) is 0 Å². The lowest BCUT2D eigenvalue weighted by molar-refractivity contribution is -0.129. The van der Waals surface area contributed by atoms with Gasteiger partial charge in [-0.15, -0.1) is 0 Å². The molecule has 0 saturated carbocycles. The average molecular weight is 367 g/mol. The summed E-state index contributed by atoms with van der Waals surface area (Å²) in [7, 11) is 1.56. The van der Waals surface area contributed by atoms with Crippen molar-refractivity contribution in [1.82, 2.24) is 15.2 Å². The number of nitrogens with zero attached hydrogens (tertiary/aromatic N) is 1. The summed E-state index contributed by atoms with van der Waals surface area (Å²) in [5.41, 5.74) is 0.810. The monoisotopic (exact) mass is 367 g/mol. The van der Waals surface area contributed by atoms with Crippen molar-refractivity contribution >= 4 is 22.7 Å². The highest BCUT2D eigenvalue weighted by Gasteiger charge is 2.15. The minimum atomic E-state index is -0.630. The molecule has 0 saturated heterocycles. The number of fused-ring (bicyclic) bond motifs is 1. The van der Waals surface area contributed by atoms with Crippen LogP contribution >= 0.6 is 0 Å². The summed E-state index contributed by atoms with van der Waals surface area (Å²) in [5, 5.41) is 2.86. The molecule has 0 aliphatic carbocycles. The van der Waals surface area contributed by atoms with E-state index in [1.165, 1.54) is 23.2 Å². The number of H-pyrrole nitrogens is 1. The molecule has 0 bridgehead atoms. The van der Waals surface area contributed by atoms with Gasteiger partial charge in [-0.05, 0) is 29.8 Å². The van der Waals surface area contributed by atoms with Gasteiger partial charge in [0.2, 0.25) is 11.3 Å². The third-order valence-electron chi connectivity index (χ3n) is 4.17. The number of nitrogens with one attached hydrogen (secondary N) is 2. The molecule has 2 aromatic carbocycles. The Morgan fingerprint density at radius 3 is 2.70 bits per heavy atom. The van der Waals surface area contributed by atoms with Gasteiger partial charge in [-0.2, -0.15) is 0 Å². The molecule has 0 aliphatic rings. The highest BCUT2D eigenvalue weighted by molar-refractivity contribution is 5.98. The smallest absolute Gasteiger partial charge is 0.257 e. The molecule has 2 N–H and O–H groups in total. The van der Waals surface area contributed by atoms with Crippen LogP contribution in [0.3, 0.4) is 0 Å². The maximum atomic E-state index is 13.2. The second-order valence-electron chi connectivity index (χ2n) is 6.14. The summed E-state index contributed by atoms with van der Waals surface area (Å²) in [6.07, 6.45) is 1.33. The van der Waals surface area contributed by atoms with E-state index in [1.807, 2.05) is 0 Å². The van der Waals surface area contributed by atoms with Gasteiger partial charge in [0, 0.05) is 30.7 Å². The molecule has 0 unspecified atom stereocenters. The largest absolute Gasteiger partial charge is 0.360 e. The fourth-order valence-electron chi connectivity index (χ4n) is 2.72. The van der Waals surface area contributed by atoms with Crippen LogP contribution in [0.25, 0.3) is 10.9 Å². The number of rotatable bonds is 5. The van der Waals surface area contributed by atoms with Crippen molar-refractivity contribution in [3.63, 3.8) is 0 Å². The molecule has 0 aliphatic heterocycles. The van der Waals surface area contributed by atoms with Gasteiger partial charge in [0.1, 0.15) is 11.4 Å². The maximum Gasteiger partial charge on any atom is 0.257 e. The molecule has 0 fully saturated rings. The van der Waals surface area contributed by atoms with E-state index < -0.39 is 11.3 Å². The standard InChI is InChI=1S/C20H18FN3O3/c1-24(12-13-5-4-6-14(21)9-13)18(25)11-23-20(27)16-10-22-17-8-3-2-7-15(17)19(16)26/h2-10H,11-12H2,1H3,(H,22,26)(H,23,27). The first kappa shape index (κ1) is 18.3. The zero-order chi connectivity index (χ0) is 19.4. The van der Waals surface area contributed by atoms with Crippen LogP contribution in [0.15, 0.2) is 59.5 Å². The van der Waals surface area contributed by atoms with Gasteiger partial charge < -0.3 is 15.2 Å². The summed E-state index contributed by atoms with van der Waals surface area (Å²) in [5.74, 6) is -1.36. The van der Waals surface area contributed by atoms with Crippen LogP contribution in [-0.4, -0.2) is 35.3 Å². The first-order valence-electron chi connectivity index (χ1n) is 8.33. The predicted molar refractivity (Wildman–Crippen MR) is 99.8 cm³/mol. The molecule has 3 rings (SSSR count). The van der Waals surface area contributed by atoms with Crippen LogP contribution in [0, 0.1) is 5.82 Å². The number of aromatic nitrogens is 1. The topological polar surface area (TPSA) is 82.3 Å². The van der Waals surface area contributed by atoms with E-state index in [-0.39, 0.29) is 30.4 Å². The molecular formula is C20H18FN3O3. The number of halogens is 1. The molecule has 1 heterocycles. The first-order valence-corrected chi connectivity index (χ1v) is 8.33. The number of carbonyl (C=O) groups is 2. The van der Waals surface area contributed by atoms with Crippen LogP contribution in [0.5, 0.6) is 0 Å². The zero-order valence-electron chi connectivity index (χ0n) is 14.7. The van der Waals surface area contributed by atoms with Crippen LogP contribution in [0.4, 0.5) is 4.39 Å². The third-order valence-corrected chi connectivity index (χ3v) is 4.17. The summed E-state index contributed by atoms with van der Waals surface area (Å²) in [4.78, 5) is 41.2. The number of para-hydroxylation sites is 1. The minimum Gasteiger partial charge on any atom is -0.360 e. The third kappa shape index (κ3) is 4.20. The fraction of sp³-hybridized carbons (Fsp3) is 0.150. The Labute approximate surface area is 154 Å². The molecule has 7 heteroatoms. The quantitative estimate of drug-likeness (QED) is 0.724. The van der Waals surface area contributed by atoms with Gasteiger partial charge in [0.25, 0.3) is 5.91 Å². The van der Waals surface area contributed by atoms with Crippen LogP contribution in [-0.2, 0) is 11.3 Å². The molecule has 0 atom stereocenters. The number of benzene rings is 2. The molecule has 0 radical (unpaired) electrons. The van der Waals surface area contributed by atoms with Crippen LogP contribution in [0.1, 0.15) is 15.9 Å². The minimum absolute atomic E-state index is 0.0608. The second kappa shape index (κ2) is 7.82. The van der Waals surface area contributed by atoms with E-state index in [0.29, 0.717) is 16.5 Å². The summed E-state index contributed by atoms with van der Waals surface area (Å²) >= 11 is 0. The van der Waals surface area contributed by atoms with E-state index in [4.69, 9.17) is 0 Å². The lowest BCUT2D eigenvalue weighted by atomic mass is 10.1. The van der Waals surface area contributed by atoms with Crippen molar-refractivity contribution in [3.8, 4) is 0 Å². The SMILES string of the molecule is CN(Cc1cccc(F)c1)C(=O)CNC(=O)c1c[nH]c2ccccc2c1=O. The number of amides is 2. The molecule has 1 aromatic heterocycles. The van der Waals surface area contributed by atoms with Crippen molar-refractivity contribution in [2.24, 2.45) is 0 Å². The molecule has 2 amide bonds.